The molecule has 0 aliphatic rings. The zero-order chi connectivity index (χ0) is 9.68. The average molecular weight is 181 g/mol. The van der Waals surface area contributed by atoms with Gasteiger partial charge in [-0.2, -0.15) is 0 Å². The summed E-state index contributed by atoms with van der Waals surface area (Å²) in [6.07, 6.45) is 4.66. The monoisotopic (exact) mass is 181 g/mol. The van der Waals surface area contributed by atoms with Gasteiger partial charge >= 0.3 is 5.97 Å². The molecule has 1 aromatic rings. The molecule has 0 amide bonds. The van der Waals surface area contributed by atoms with E-state index in [1.807, 2.05) is 0 Å². The maximum atomic E-state index is 10.5. The predicted molar refractivity (Wildman–Crippen MR) is 46.1 cm³/mol. The van der Waals surface area contributed by atoms with E-state index in [2.05, 4.69) is 15.3 Å². The fourth-order valence-electron chi connectivity index (χ4n) is 1.02. The number of aromatic nitrogens is 2. The summed E-state index contributed by atoms with van der Waals surface area (Å²) in [5.41, 5.74) is 0.646. The number of carbonyl (C=O) groups is 1. The number of aliphatic carboxylic acids is 1. The Bertz CT molecular complexity index is 276. The van der Waals surface area contributed by atoms with Crippen LogP contribution in [0.25, 0.3) is 0 Å². The maximum absolute atomic E-state index is 10.5. The number of hydrogen-bond donors (Lipinski definition) is 2. The molecule has 13 heavy (non-hydrogen) atoms. The number of hydrogen-bond acceptors (Lipinski definition) is 4. The Kier molecular flexibility index (Phi) is 3.33. The SMILES string of the molecule is CNC(CC(=O)O)c1cnccn1. The van der Waals surface area contributed by atoms with Crippen molar-refractivity contribution >= 4 is 5.97 Å². The highest BCUT2D eigenvalue weighted by Crippen LogP contribution is 2.11. The lowest BCUT2D eigenvalue weighted by atomic mass is 10.1. The molecule has 0 bridgehead atoms. The van der Waals surface area contributed by atoms with Crippen LogP contribution in [0, 0.1) is 0 Å². The van der Waals surface area contributed by atoms with E-state index in [1.54, 1.807) is 25.6 Å². The van der Waals surface area contributed by atoms with Crippen molar-refractivity contribution in [3.8, 4) is 0 Å². The maximum Gasteiger partial charge on any atom is 0.305 e. The molecular weight excluding hydrogens is 170 g/mol. The Morgan fingerprint density at radius 3 is 2.92 bits per heavy atom. The molecular formula is C8H11N3O2. The molecule has 5 heteroatoms. The number of rotatable bonds is 4. The summed E-state index contributed by atoms with van der Waals surface area (Å²) in [6, 6.07) is -0.272. The molecule has 1 aromatic heterocycles. The van der Waals surface area contributed by atoms with Crippen LogP contribution in [0.5, 0.6) is 0 Å². The Hall–Kier alpha value is -1.49. The number of nitrogens with one attached hydrogen (secondary N) is 1. The van der Waals surface area contributed by atoms with E-state index in [0.29, 0.717) is 5.69 Å². The van der Waals surface area contributed by atoms with E-state index < -0.39 is 5.97 Å². The molecule has 0 aliphatic carbocycles. The summed E-state index contributed by atoms with van der Waals surface area (Å²) < 4.78 is 0. The van der Waals surface area contributed by atoms with Crippen LogP contribution in [-0.2, 0) is 4.79 Å². The van der Waals surface area contributed by atoms with Gasteiger partial charge in [0, 0.05) is 18.6 Å². The van der Waals surface area contributed by atoms with E-state index in [1.165, 1.54) is 0 Å². The number of carboxylic acids is 1. The van der Waals surface area contributed by atoms with Gasteiger partial charge in [-0.3, -0.25) is 14.8 Å². The molecule has 0 aliphatic heterocycles. The summed E-state index contributed by atoms with van der Waals surface area (Å²) in [5, 5.41) is 11.5. The van der Waals surface area contributed by atoms with Crippen LogP contribution >= 0.6 is 0 Å². The van der Waals surface area contributed by atoms with Crippen LogP contribution < -0.4 is 5.32 Å². The normalized spacial score (nSPS) is 12.4. The molecule has 1 unspecified atom stereocenters. The first-order valence-electron chi connectivity index (χ1n) is 3.89. The van der Waals surface area contributed by atoms with E-state index in [4.69, 9.17) is 5.11 Å². The van der Waals surface area contributed by atoms with Crippen LogP contribution in [-0.4, -0.2) is 28.1 Å². The van der Waals surface area contributed by atoms with Crippen molar-refractivity contribution in [2.45, 2.75) is 12.5 Å². The van der Waals surface area contributed by atoms with Crippen LogP contribution in [0.4, 0.5) is 0 Å². The first-order valence-corrected chi connectivity index (χ1v) is 3.89. The molecule has 0 saturated carbocycles. The highest BCUT2D eigenvalue weighted by molar-refractivity contribution is 5.67. The van der Waals surface area contributed by atoms with Gasteiger partial charge < -0.3 is 10.4 Å². The van der Waals surface area contributed by atoms with Gasteiger partial charge in [-0.1, -0.05) is 0 Å². The van der Waals surface area contributed by atoms with Crippen molar-refractivity contribution in [2.75, 3.05) is 7.05 Å². The lowest BCUT2D eigenvalue weighted by Crippen LogP contribution is -2.20. The summed E-state index contributed by atoms with van der Waals surface area (Å²) >= 11 is 0. The second-order valence-electron chi connectivity index (χ2n) is 2.57. The lowest BCUT2D eigenvalue weighted by molar-refractivity contribution is -0.137. The second kappa shape index (κ2) is 4.51. The van der Waals surface area contributed by atoms with Crippen molar-refractivity contribution in [1.82, 2.24) is 15.3 Å². The minimum absolute atomic E-state index is 0.00912. The predicted octanol–water partition coefficient (Wildman–Crippen LogP) is 0.212. The van der Waals surface area contributed by atoms with E-state index >= 15 is 0 Å². The summed E-state index contributed by atoms with van der Waals surface area (Å²) in [5.74, 6) is -0.856. The number of nitrogens with zero attached hydrogens (tertiary/aromatic N) is 2. The first kappa shape index (κ1) is 9.60. The average Bonchev–Trinajstić information content (AvgIpc) is 2.15. The topological polar surface area (TPSA) is 75.1 Å². The molecule has 1 rings (SSSR count). The molecule has 5 nitrogen and oxygen atoms in total. The fraction of sp³-hybridized carbons (Fsp3) is 0.375. The third-order valence-electron chi connectivity index (χ3n) is 1.67. The molecule has 70 valence electrons. The molecule has 1 heterocycles. The van der Waals surface area contributed by atoms with Crippen LogP contribution in [0.1, 0.15) is 18.2 Å². The van der Waals surface area contributed by atoms with Gasteiger partial charge in [0.05, 0.1) is 18.2 Å². The largest absolute Gasteiger partial charge is 0.481 e. The van der Waals surface area contributed by atoms with Gasteiger partial charge in [-0.25, -0.2) is 0 Å². The molecule has 0 aromatic carbocycles. The van der Waals surface area contributed by atoms with Crippen molar-refractivity contribution in [2.24, 2.45) is 0 Å². The Morgan fingerprint density at radius 2 is 2.46 bits per heavy atom. The Morgan fingerprint density at radius 1 is 1.69 bits per heavy atom. The van der Waals surface area contributed by atoms with Gasteiger partial charge in [0.25, 0.3) is 0 Å². The summed E-state index contributed by atoms with van der Waals surface area (Å²) in [7, 11) is 1.70. The van der Waals surface area contributed by atoms with Gasteiger partial charge in [0.1, 0.15) is 0 Å². The molecule has 0 fully saturated rings. The van der Waals surface area contributed by atoms with E-state index in [0.717, 1.165) is 0 Å². The zero-order valence-corrected chi connectivity index (χ0v) is 7.27. The minimum atomic E-state index is -0.856. The number of carboxylic acid groups (broad SMARTS) is 1. The smallest absolute Gasteiger partial charge is 0.305 e. The summed E-state index contributed by atoms with van der Waals surface area (Å²) in [4.78, 5) is 18.3. The van der Waals surface area contributed by atoms with E-state index in [-0.39, 0.29) is 12.5 Å². The first-order chi connectivity index (χ1) is 6.24. The Balaban J connectivity index is 2.73. The molecule has 1 atom stereocenters. The second-order valence-corrected chi connectivity index (χ2v) is 2.57. The van der Waals surface area contributed by atoms with Gasteiger partial charge in [0.2, 0.25) is 0 Å². The van der Waals surface area contributed by atoms with Crippen molar-refractivity contribution in [1.29, 1.82) is 0 Å². The van der Waals surface area contributed by atoms with Gasteiger partial charge in [-0.15, -0.1) is 0 Å². The van der Waals surface area contributed by atoms with Gasteiger partial charge in [-0.05, 0) is 7.05 Å². The molecule has 0 saturated heterocycles. The third kappa shape index (κ3) is 2.79. The van der Waals surface area contributed by atoms with Crippen LogP contribution in [0.15, 0.2) is 18.6 Å². The summed E-state index contributed by atoms with van der Waals surface area (Å²) in [6.45, 7) is 0. The highest BCUT2D eigenvalue weighted by Gasteiger charge is 2.14. The molecule has 0 spiro atoms. The van der Waals surface area contributed by atoms with Crippen molar-refractivity contribution in [3.63, 3.8) is 0 Å². The highest BCUT2D eigenvalue weighted by atomic mass is 16.4. The zero-order valence-electron chi connectivity index (χ0n) is 7.27. The Labute approximate surface area is 75.8 Å². The van der Waals surface area contributed by atoms with E-state index in [9.17, 15) is 4.79 Å². The third-order valence-corrected chi connectivity index (χ3v) is 1.67. The quantitative estimate of drug-likeness (QED) is 0.694. The standard InChI is InChI=1S/C8H11N3O2/c1-9-6(4-8(12)13)7-5-10-2-3-11-7/h2-3,5-6,9H,4H2,1H3,(H,12,13). The van der Waals surface area contributed by atoms with Crippen molar-refractivity contribution in [3.05, 3.63) is 24.3 Å². The van der Waals surface area contributed by atoms with Gasteiger partial charge in [0.15, 0.2) is 0 Å². The molecule has 0 radical (unpaired) electrons. The van der Waals surface area contributed by atoms with Crippen molar-refractivity contribution < 1.29 is 9.90 Å². The van der Waals surface area contributed by atoms with Crippen LogP contribution in [0.3, 0.4) is 0 Å². The minimum Gasteiger partial charge on any atom is -0.481 e. The molecule has 2 N–H and O–H groups in total. The fourth-order valence-corrected chi connectivity index (χ4v) is 1.02. The lowest BCUT2D eigenvalue weighted by Gasteiger charge is -2.11. The van der Waals surface area contributed by atoms with Crippen LogP contribution in [0.2, 0.25) is 0 Å².